The fourth-order valence-electron chi connectivity index (χ4n) is 4.21. The summed E-state index contributed by atoms with van der Waals surface area (Å²) in [7, 11) is 0. The molecule has 0 saturated carbocycles. The minimum absolute atomic E-state index is 0.0242. The van der Waals surface area contributed by atoms with Crippen LogP contribution >= 0.6 is 0 Å². The lowest BCUT2D eigenvalue weighted by Crippen LogP contribution is -2.51. The lowest BCUT2D eigenvalue weighted by Gasteiger charge is -2.38. The molecule has 3 aliphatic heterocycles. The zero-order valence-electron chi connectivity index (χ0n) is 12.0. The smallest absolute Gasteiger partial charge is 0.310 e. The van der Waals surface area contributed by atoms with Crippen LogP contribution in [0.25, 0.3) is 0 Å². The molecule has 112 valence electrons. The lowest BCUT2D eigenvalue weighted by atomic mass is 9.78. The van der Waals surface area contributed by atoms with Crippen molar-refractivity contribution in [1.82, 2.24) is 4.90 Å². The molecule has 1 amide bonds. The van der Waals surface area contributed by atoms with Crippen molar-refractivity contribution in [1.29, 1.82) is 0 Å². The summed E-state index contributed by atoms with van der Waals surface area (Å²) in [6, 6.07) is 0.282. The van der Waals surface area contributed by atoms with Gasteiger partial charge < -0.3 is 14.7 Å². The van der Waals surface area contributed by atoms with E-state index >= 15 is 0 Å². The minimum atomic E-state index is -0.874. The van der Waals surface area contributed by atoms with Gasteiger partial charge in [-0.3, -0.25) is 9.59 Å². The summed E-state index contributed by atoms with van der Waals surface area (Å²) in [6.07, 6.45) is 5.37. The van der Waals surface area contributed by atoms with Gasteiger partial charge in [-0.25, -0.2) is 0 Å². The molecule has 0 aliphatic carbocycles. The molecular weight excluding hydrogens is 258 g/mol. The first-order valence-electron chi connectivity index (χ1n) is 7.82. The van der Waals surface area contributed by atoms with E-state index < -0.39 is 17.8 Å². The van der Waals surface area contributed by atoms with Gasteiger partial charge in [0.25, 0.3) is 0 Å². The number of rotatable bonds is 3. The van der Waals surface area contributed by atoms with Gasteiger partial charge in [-0.05, 0) is 38.5 Å². The maximum atomic E-state index is 12.9. The number of amides is 1. The fourth-order valence-corrected chi connectivity index (χ4v) is 4.21. The second-order valence-corrected chi connectivity index (χ2v) is 6.27. The number of aliphatic carboxylic acids is 1. The number of fused-ring (bicyclic) bond motifs is 2. The fraction of sp³-hybridized carbons (Fsp3) is 0.867. The third-order valence-electron chi connectivity index (χ3n) is 5.23. The monoisotopic (exact) mass is 281 g/mol. The maximum absolute atomic E-state index is 12.9. The van der Waals surface area contributed by atoms with Crippen LogP contribution in [-0.4, -0.2) is 46.7 Å². The first kappa shape index (κ1) is 13.9. The van der Waals surface area contributed by atoms with E-state index in [1.807, 2.05) is 4.90 Å². The normalized spacial score (nSPS) is 40.0. The first-order valence-corrected chi connectivity index (χ1v) is 7.82. The Balaban J connectivity index is 1.80. The highest BCUT2D eigenvalue weighted by Crippen LogP contribution is 2.45. The van der Waals surface area contributed by atoms with Crippen molar-refractivity contribution < 1.29 is 19.4 Å². The minimum Gasteiger partial charge on any atom is -0.481 e. The molecule has 0 spiro atoms. The Labute approximate surface area is 119 Å². The lowest BCUT2D eigenvalue weighted by molar-refractivity contribution is -0.152. The molecule has 0 aromatic rings. The number of piperidine rings is 1. The standard InChI is InChI=1S/C15H23NO4/c1-2-9-5-3-4-8-16(9)14(17)12-10-6-7-11(20-10)13(12)15(18)19/h9-13H,2-8H2,1H3,(H,18,19)/t9-,10-,11+,12-,13-/m0/s1. The third kappa shape index (κ3) is 2.12. The van der Waals surface area contributed by atoms with Crippen molar-refractivity contribution in [3.63, 3.8) is 0 Å². The van der Waals surface area contributed by atoms with Crippen LogP contribution in [0.4, 0.5) is 0 Å². The predicted octanol–water partition coefficient (Wildman–Crippen LogP) is 1.66. The molecule has 3 rings (SSSR count). The zero-order valence-corrected chi connectivity index (χ0v) is 12.0. The number of carboxylic acid groups (broad SMARTS) is 1. The van der Waals surface area contributed by atoms with E-state index in [1.54, 1.807) is 0 Å². The van der Waals surface area contributed by atoms with Gasteiger partial charge in [-0.15, -0.1) is 0 Å². The molecule has 0 unspecified atom stereocenters. The van der Waals surface area contributed by atoms with Gasteiger partial charge in [0.05, 0.1) is 24.0 Å². The van der Waals surface area contributed by atoms with Crippen LogP contribution in [0.2, 0.25) is 0 Å². The second kappa shape index (κ2) is 5.35. The molecule has 5 nitrogen and oxygen atoms in total. The molecule has 20 heavy (non-hydrogen) atoms. The molecule has 3 aliphatic rings. The van der Waals surface area contributed by atoms with Crippen LogP contribution < -0.4 is 0 Å². The van der Waals surface area contributed by atoms with Gasteiger partial charge >= 0.3 is 5.97 Å². The van der Waals surface area contributed by atoms with E-state index in [2.05, 4.69) is 6.92 Å². The molecule has 2 bridgehead atoms. The van der Waals surface area contributed by atoms with E-state index in [-0.39, 0.29) is 24.2 Å². The molecule has 5 heteroatoms. The Morgan fingerprint density at radius 1 is 1.15 bits per heavy atom. The number of hydrogen-bond donors (Lipinski definition) is 1. The molecule has 0 aromatic heterocycles. The first-order chi connectivity index (χ1) is 9.63. The summed E-state index contributed by atoms with van der Waals surface area (Å²) in [5, 5.41) is 9.43. The van der Waals surface area contributed by atoms with Crippen LogP contribution in [0.3, 0.4) is 0 Å². The molecular formula is C15H23NO4. The van der Waals surface area contributed by atoms with Gasteiger partial charge in [0, 0.05) is 12.6 Å². The molecule has 0 radical (unpaired) electrons. The molecule has 5 atom stereocenters. The van der Waals surface area contributed by atoms with Crippen LogP contribution in [0.1, 0.15) is 45.4 Å². The van der Waals surface area contributed by atoms with Gasteiger partial charge in [0.15, 0.2) is 0 Å². The van der Waals surface area contributed by atoms with E-state index in [1.165, 1.54) is 0 Å². The van der Waals surface area contributed by atoms with Gasteiger partial charge in [-0.2, -0.15) is 0 Å². The topological polar surface area (TPSA) is 66.8 Å². The van der Waals surface area contributed by atoms with Crippen molar-refractivity contribution in [2.24, 2.45) is 11.8 Å². The van der Waals surface area contributed by atoms with Crippen molar-refractivity contribution in [2.45, 2.75) is 63.7 Å². The van der Waals surface area contributed by atoms with Crippen molar-refractivity contribution in [3.8, 4) is 0 Å². The van der Waals surface area contributed by atoms with Crippen molar-refractivity contribution in [3.05, 3.63) is 0 Å². The quantitative estimate of drug-likeness (QED) is 0.854. The highest BCUT2D eigenvalue weighted by atomic mass is 16.5. The Bertz CT molecular complexity index is 411. The third-order valence-corrected chi connectivity index (χ3v) is 5.23. The molecule has 3 heterocycles. The van der Waals surface area contributed by atoms with E-state index in [4.69, 9.17) is 4.74 Å². The van der Waals surface area contributed by atoms with Gasteiger partial charge in [0.2, 0.25) is 5.91 Å². The average Bonchev–Trinajstić information content (AvgIpc) is 3.06. The predicted molar refractivity (Wildman–Crippen MR) is 72.2 cm³/mol. The van der Waals surface area contributed by atoms with Crippen LogP contribution in [0.5, 0.6) is 0 Å². The Hall–Kier alpha value is -1.10. The summed E-state index contributed by atoms with van der Waals surface area (Å²) in [4.78, 5) is 26.3. The Morgan fingerprint density at radius 2 is 1.85 bits per heavy atom. The van der Waals surface area contributed by atoms with E-state index in [9.17, 15) is 14.7 Å². The van der Waals surface area contributed by atoms with Crippen LogP contribution in [0.15, 0.2) is 0 Å². The molecule has 0 aromatic carbocycles. The van der Waals surface area contributed by atoms with E-state index in [0.29, 0.717) is 0 Å². The highest BCUT2D eigenvalue weighted by molar-refractivity contribution is 5.87. The molecule has 3 fully saturated rings. The highest BCUT2D eigenvalue weighted by Gasteiger charge is 2.56. The summed E-state index contributed by atoms with van der Waals surface area (Å²) in [5.41, 5.74) is 0. The number of hydrogen-bond acceptors (Lipinski definition) is 3. The second-order valence-electron chi connectivity index (χ2n) is 6.27. The summed E-state index contributed by atoms with van der Waals surface area (Å²) in [6.45, 7) is 2.87. The van der Waals surface area contributed by atoms with E-state index in [0.717, 1.165) is 45.1 Å². The van der Waals surface area contributed by atoms with Crippen LogP contribution in [-0.2, 0) is 14.3 Å². The van der Waals surface area contributed by atoms with Crippen molar-refractivity contribution >= 4 is 11.9 Å². The Morgan fingerprint density at radius 3 is 2.50 bits per heavy atom. The number of carbonyl (C=O) groups excluding carboxylic acids is 1. The largest absolute Gasteiger partial charge is 0.481 e. The summed E-state index contributed by atoms with van der Waals surface area (Å²) >= 11 is 0. The number of nitrogens with zero attached hydrogens (tertiary/aromatic N) is 1. The number of likely N-dealkylation sites (tertiary alicyclic amines) is 1. The van der Waals surface area contributed by atoms with Gasteiger partial charge in [-0.1, -0.05) is 6.92 Å². The Kier molecular flexibility index (Phi) is 3.71. The summed E-state index contributed by atoms with van der Waals surface area (Å²) in [5.74, 6) is -1.95. The average molecular weight is 281 g/mol. The zero-order chi connectivity index (χ0) is 14.3. The van der Waals surface area contributed by atoms with Crippen molar-refractivity contribution in [2.75, 3.05) is 6.54 Å². The van der Waals surface area contributed by atoms with Crippen LogP contribution in [0, 0.1) is 11.8 Å². The molecule has 1 N–H and O–H groups in total. The number of carbonyl (C=O) groups is 2. The number of ether oxygens (including phenoxy) is 1. The van der Waals surface area contributed by atoms with Gasteiger partial charge in [0.1, 0.15) is 0 Å². The molecule has 3 saturated heterocycles. The maximum Gasteiger partial charge on any atom is 0.310 e. The summed E-state index contributed by atoms with van der Waals surface area (Å²) < 4.78 is 5.71. The number of carboxylic acids is 1. The SMILES string of the molecule is CC[C@H]1CCCCN1C(=O)[C@@H]1[C@@H](C(=O)O)[C@H]2CC[C@@H]1O2.